The Hall–Kier alpha value is -1.53. The number of ether oxygens (including phenoxy) is 1. The maximum Gasteiger partial charge on any atom is 0.135 e. The van der Waals surface area contributed by atoms with E-state index in [0.29, 0.717) is 5.69 Å². The van der Waals surface area contributed by atoms with Gasteiger partial charge in [-0.3, -0.25) is 4.57 Å². The number of nitrogens with two attached hydrogens (primary N) is 1. The van der Waals surface area contributed by atoms with Gasteiger partial charge in [0.15, 0.2) is 0 Å². The van der Waals surface area contributed by atoms with Gasteiger partial charge < -0.3 is 10.5 Å². The molecule has 2 aromatic carbocycles. The first-order valence-electron chi connectivity index (χ1n) is 6.29. The lowest BCUT2D eigenvalue weighted by Crippen LogP contribution is -1.99. The third-order valence-electron chi connectivity index (χ3n) is 3.31. The largest absolute Gasteiger partial charge is 0.495 e. The van der Waals surface area contributed by atoms with Crippen LogP contribution in [0.2, 0.25) is 0 Å². The van der Waals surface area contributed by atoms with Crippen molar-refractivity contribution < 1.29 is 4.74 Å². The van der Waals surface area contributed by atoms with Crippen LogP contribution in [0, 0.1) is 6.92 Å². The van der Waals surface area contributed by atoms with Crippen LogP contribution in [-0.2, 0) is 0 Å². The standard InChI is InChI=1S/C15H13Br2N3O/c1-8-19-12-5-9(18)3-4-13(12)20(8)14-7-15(21-2)11(17)6-10(14)16/h3-7H,18H2,1-2H3. The normalized spacial score (nSPS) is 11.0. The molecule has 0 aliphatic heterocycles. The van der Waals surface area contributed by atoms with Gasteiger partial charge in [-0.25, -0.2) is 4.98 Å². The Bertz CT molecular complexity index is 843. The van der Waals surface area contributed by atoms with Crippen LogP contribution in [0.4, 0.5) is 5.69 Å². The number of imidazole rings is 1. The van der Waals surface area contributed by atoms with Gasteiger partial charge in [0.25, 0.3) is 0 Å². The number of methoxy groups -OCH3 is 1. The molecule has 2 N–H and O–H groups in total. The smallest absolute Gasteiger partial charge is 0.135 e. The van der Waals surface area contributed by atoms with E-state index in [-0.39, 0.29) is 0 Å². The van der Waals surface area contributed by atoms with Crippen molar-refractivity contribution in [1.29, 1.82) is 0 Å². The van der Waals surface area contributed by atoms with Crippen molar-refractivity contribution in [2.24, 2.45) is 0 Å². The van der Waals surface area contributed by atoms with E-state index >= 15 is 0 Å². The lowest BCUT2D eigenvalue weighted by molar-refractivity contribution is 0.412. The van der Waals surface area contributed by atoms with Crippen molar-refractivity contribution in [2.75, 3.05) is 12.8 Å². The maximum atomic E-state index is 5.83. The molecule has 0 radical (unpaired) electrons. The van der Waals surface area contributed by atoms with E-state index in [1.54, 1.807) is 7.11 Å². The number of aryl methyl sites for hydroxylation is 1. The van der Waals surface area contributed by atoms with Gasteiger partial charge in [-0.15, -0.1) is 0 Å². The van der Waals surface area contributed by atoms with Crippen molar-refractivity contribution in [3.05, 3.63) is 45.1 Å². The van der Waals surface area contributed by atoms with Gasteiger partial charge in [0.1, 0.15) is 11.6 Å². The number of aromatic nitrogens is 2. The Morgan fingerprint density at radius 3 is 2.62 bits per heavy atom. The highest BCUT2D eigenvalue weighted by molar-refractivity contribution is 9.11. The third kappa shape index (κ3) is 2.42. The Balaban J connectivity index is 2.32. The Kier molecular flexibility index (Phi) is 3.67. The molecule has 0 aliphatic carbocycles. The van der Waals surface area contributed by atoms with Crippen LogP contribution in [0.25, 0.3) is 16.7 Å². The summed E-state index contributed by atoms with van der Waals surface area (Å²) in [6, 6.07) is 9.67. The summed E-state index contributed by atoms with van der Waals surface area (Å²) < 4.78 is 9.31. The molecule has 0 amide bonds. The highest BCUT2D eigenvalue weighted by Gasteiger charge is 2.14. The van der Waals surface area contributed by atoms with Gasteiger partial charge in [-0.1, -0.05) is 0 Å². The molecule has 0 atom stereocenters. The second kappa shape index (κ2) is 5.35. The number of fused-ring (bicyclic) bond motifs is 1. The molecule has 3 aromatic rings. The second-order valence-electron chi connectivity index (χ2n) is 4.68. The van der Waals surface area contributed by atoms with Gasteiger partial charge >= 0.3 is 0 Å². The summed E-state index contributed by atoms with van der Waals surface area (Å²) in [5, 5.41) is 0. The summed E-state index contributed by atoms with van der Waals surface area (Å²) >= 11 is 7.09. The topological polar surface area (TPSA) is 53.1 Å². The van der Waals surface area contributed by atoms with E-state index in [1.165, 1.54) is 0 Å². The van der Waals surface area contributed by atoms with Crippen LogP contribution in [-0.4, -0.2) is 16.7 Å². The van der Waals surface area contributed by atoms with Crippen LogP contribution in [0.3, 0.4) is 0 Å². The molecule has 6 heteroatoms. The number of halogens is 2. The first kappa shape index (κ1) is 14.4. The molecular weight excluding hydrogens is 398 g/mol. The van der Waals surface area contributed by atoms with Crippen molar-refractivity contribution >= 4 is 48.6 Å². The molecule has 0 unspecified atom stereocenters. The molecule has 0 spiro atoms. The summed E-state index contributed by atoms with van der Waals surface area (Å²) in [7, 11) is 1.65. The monoisotopic (exact) mass is 409 g/mol. The number of hydrogen-bond acceptors (Lipinski definition) is 3. The Morgan fingerprint density at radius 1 is 1.14 bits per heavy atom. The maximum absolute atomic E-state index is 5.83. The molecule has 4 nitrogen and oxygen atoms in total. The number of nitrogen functional groups attached to an aromatic ring is 1. The van der Waals surface area contributed by atoms with Crippen LogP contribution < -0.4 is 10.5 Å². The second-order valence-corrected chi connectivity index (χ2v) is 6.39. The number of nitrogens with zero attached hydrogens (tertiary/aromatic N) is 2. The molecule has 108 valence electrons. The summed E-state index contributed by atoms with van der Waals surface area (Å²) in [6.07, 6.45) is 0. The fraction of sp³-hybridized carbons (Fsp3) is 0.133. The van der Waals surface area contributed by atoms with Gasteiger partial charge in [0, 0.05) is 16.2 Å². The summed E-state index contributed by atoms with van der Waals surface area (Å²) in [5.41, 5.74) is 9.40. The first-order valence-corrected chi connectivity index (χ1v) is 7.88. The molecule has 0 bridgehead atoms. The number of rotatable bonds is 2. The zero-order chi connectivity index (χ0) is 15.1. The van der Waals surface area contributed by atoms with Crippen molar-refractivity contribution in [3.63, 3.8) is 0 Å². The van der Waals surface area contributed by atoms with E-state index in [9.17, 15) is 0 Å². The quantitative estimate of drug-likeness (QED) is 0.635. The van der Waals surface area contributed by atoms with E-state index in [1.807, 2.05) is 37.3 Å². The molecule has 1 aromatic heterocycles. The van der Waals surface area contributed by atoms with Gasteiger partial charge in [-0.2, -0.15) is 0 Å². The van der Waals surface area contributed by atoms with E-state index in [2.05, 4.69) is 41.4 Å². The van der Waals surface area contributed by atoms with Crippen LogP contribution >= 0.6 is 31.9 Å². The molecule has 0 fully saturated rings. The molecular formula is C15H13Br2N3O. The lowest BCUT2D eigenvalue weighted by atomic mass is 10.2. The predicted octanol–water partition coefficient (Wildman–Crippen LogP) is 4.45. The van der Waals surface area contributed by atoms with Gasteiger partial charge in [0.2, 0.25) is 0 Å². The van der Waals surface area contributed by atoms with Gasteiger partial charge in [-0.05, 0) is 63.0 Å². The van der Waals surface area contributed by atoms with Crippen LogP contribution in [0.5, 0.6) is 5.75 Å². The van der Waals surface area contributed by atoms with Gasteiger partial charge in [0.05, 0.1) is 28.3 Å². The molecule has 0 aliphatic rings. The molecule has 21 heavy (non-hydrogen) atoms. The fourth-order valence-corrected chi connectivity index (χ4v) is 3.70. The van der Waals surface area contributed by atoms with E-state index < -0.39 is 0 Å². The van der Waals surface area contributed by atoms with E-state index in [4.69, 9.17) is 10.5 Å². The zero-order valence-electron chi connectivity index (χ0n) is 11.5. The van der Waals surface area contributed by atoms with Crippen molar-refractivity contribution in [1.82, 2.24) is 9.55 Å². The minimum atomic E-state index is 0.708. The highest BCUT2D eigenvalue weighted by Crippen LogP contribution is 2.35. The minimum absolute atomic E-state index is 0.708. The van der Waals surface area contributed by atoms with Crippen LogP contribution in [0.15, 0.2) is 39.3 Å². The average molecular weight is 411 g/mol. The minimum Gasteiger partial charge on any atom is -0.495 e. The van der Waals surface area contributed by atoms with Crippen molar-refractivity contribution in [2.45, 2.75) is 6.92 Å². The molecule has 0 saturated carbocycles. The zero-order valence-corrected chi connectivity index (χ0v) is 14.7. The number of anilines is 1. The Labute approximate surface area is 139 Å². The van der Waals surface area contributed by atoms with Crippen molar-refractivity contribution in [3.8, 4) is 11.4 Å². The fourth-order valence-electron chi connectivity index (χ4n) is 2.37. The first-order chi connectivity index (χ1) is 10.0. The molecule has 1 heterocycles. The third-order valence-corrected chi connectivity index (χ3v) is 4.56. The van der Waals surface area contributed by atoms with Crippen LogP contribution in [0.1, 0.15) is 5.82 Å². The molecule has 3 rings (SSSR count). The predicted molar refractivity (Wildman–Crippen MR) is 92.2 cm³/mol. The average Bonchev–Trinajstić information content (AvgIpc) is 2.74. The number of hydrogen-bond donors (Lipinski definition) is 1. The SMILES string of the molecule is COc1cc(-n2c(C)nc3cc(N)ccc32)c(Br)cc1Br. The molecule has 0 saturated heterocycles. The van der Waals surface area contributed by atoms with E-state index in [0.717, 1.165) is 37.2 Å². The summed E-state index contributed by atoms with van der Waals surface area (Å²) in [4.78, 5) is 4.58. The number of benzene rings is 2. The lowest BCUT2D eigenvalue weighted by Gasteiger charge is -2.12. The summed E-state index contributed by atoms with van der Waals surface area (Å²) in [5.74, 6) is 1.66. The highest BCUT2D eigenvalue weighted by atomic mass is 79.9. The Morgan fingerprint density at radius 2 is 1.90 bits per heavy atom. The summed E-state index contributed by atoms with van der Waals surface area (Å²) in [6.45, 7) is 1.97.